The summed E-state index contributed by atoms with van der Waals surface area (Å²) in [5.74, 6) is -0.396. The van der Waals surface area contributed by atoms with E-state index in [4.69, 9.17) is 16.7 Å². The predicted molar refractivity (Wildman–Crippen MR) is 46.9 cm³/mol. The zero-order valence-corrected chi connectivity index (χ0v) is 7.48. The summed E-state index contributed by atoms with van der Waals surface area (Å²) in [6.07, 6.45) is 0. The molecule has 1 rings (SSSR count). The van der Waals surface area contributed by atoms with Gasteiger partial charge in [-0.25, -0.2) is 4.39 Å². The van der Waals surface area contributed by atoms with Gasteiger partial charge < -0.3 is 5.11 Å². The van der Waals surface area contributed by atoms with Crippen molar-refractivity contribution in [1.29, 1.82) is 0 Å². The Kier molecular flexibility index (Phi) is 3.06. The average Bonchev–Trinajstić information content (AvgIpc) is 2.03. The summed E-state index contributed by atoms with van der Waals surface area (Å²) < 4.78 is 12.6. The number of aliphatic hydroxyl groups excluding tert-OH is 1. The van der Waals surface area contributed by atoms with Crippen LogP contribution in [-0.4, -0.2) is 11.7 Å². The number of rotatable bonds is 2. The highest BCUT2D eigenvalue weighted by atomic mass is 35.5. The maximum Gasteiger partial charge on any atom is 0.124 e. The summed E-state index contributed by atoms with van der Waals surface area (Å²) in [6.45, 7) is 1.85. The molecule has 1 nitrogen and oxygen atoms in total. The fourth-order valence-electron chi connectivity index (χ4n) is 1.000. The maximum absolute atomic E-state index is 12.6. The highest BCUT2D eigenvalue weighted by Gasteiger charge is 2.08. The second kappa shape index (κ2) is 3.87. The smallest absolute Gasteiger partial charge is 0.124 e. The van der Waals surface area contributed by atoms with Crippen LogP contribution in [0.15, 0.2) is 18.2 Å². The van der Waals surface area contributed by atoms with Gasteiger partial charge in [-0.1, -0.05) is 24.6 Å². The molecule has 0 aliphatic heterocycles. The quantitative estimate of drug-likeness (QED) is 0.757. The fourth-order valence-corrected chi connectivity index (χ4v) is 1.35. The van der Waals surface area contributed by atoms with Crippen molar-refractivity contribution in [3.05, 3.63) is 34.6 Å². The molecule has 0 bridgehead atoms. The van der Waals surface area contributed by atoms with Crippen LogP contribution < -0.4 is 0 Å². The SMILES string of the molecule is CC(CO)c1ccc(F)cc1Cl. The van der Waals surface area contributed by atoms with E-state index < -0.39 is 0 Å². The first-order valence-corrected chi connectivity index (χ1v) is 4.08. The van der Waals surface area contributed by atoms with Crippen molar-refractivity contribution in [3.8, 4) is 0 Å². The summed E-state index contributed by atoms with van der Waals surface area (Å²) in [6, 6.07) is 4.19. The van der Waals surface area contributed by atoms with Gasteiger partial charge in [0.25, 0.3) is 0 Å². The highest BCUT2D eigenvalue weighted by Crippen LogP contribution is 2.24. The zero-order valence-electron chi connectivity index (χ0n) is 6.72. The van der Waals surface area contributed by atoms with Crippen LogP contribution in [0.2, 0.25) is 5.02 Å². The number of benzene rings is 1. The Labute approximate surface area is 75.8 Å². The summed E-state index contributed by atoms with van der Waals surface area (Å²) in [7, 11) is 0. The largest absolute Gasteiger partial charge is 0.396 e. The lowest BCUT2D eigenvalue weighted by molar-refractivity contribution is 0.273. The molecule has 1 unspecified atom stereocenters. The Morgan fingerprint density at radius 1 is 1.58 bits per heavy atom. The van der Waals surface area contributed by atoms with Crippen LogP contribution in [0, 0.1) is 5.82 Å². The third-order valence-electron chi connectivity index (χ3n) is 1.77. The molecule has 0 radical (unpaired) electrons. The van der Waals surface area contributed by atoms with Crippen molar-refractivity contribution in [2.24, 2.45) is 0 Å². The van der Waals surface area contributed by atoms with Crippen LogP contribution >= 0.6 is 11.6 Å². The van der Waals surface area contributed by atoms with E-state index in [0.717, 1.165) is 5.56 Å². The van der Waals surface area contributed by atoms with Crippen LogP contribution in [0.25, 0.3) is 0 Å². The topological polar surface area (TPSA) is 20.2 Å². The first-order chi connectivity index (χ1) is 5.65. The Bertz CT molecular complexity index is 275. The van der Waals surface area contributed by atoms with Gasteiger partial charge in [0.05, 0.1) is 0 Å². The van der Waals surface area contributed by atoms with Crippen LogP contribution in [0.5, 0.6) is 0 Å². The van der Waals surface area contributed by atoms with Gasteiger partial charge in [0, 0.05) is 17.5 Å². The minimum Gasteiger partial charge on any atom is -0.396 e. The van der Waals surface area contributed by atoms with Gasteiger partial charge in [-0.05, 0) is 17.7 Å². The van der Waals surface area contributed by atoms with Gasteiger partial charge in [-0.2, -0.15) is 0 Å². The van der Waals surface area contributed by atoms with Crippen LogP contribution in [0.1, 0.15) is 18.4 Å². The molecule has 3 heteroatoms. The number of aliphatic hydroxyl groups is 1. The Hall–Kier alpha value is -0.600. The first-order valence-electron chi connectivity index (χ1n) is 3.71. The third-order valence-corrected chi connectivity index (χ3v) is 2.09. The van der Waals surface area contributed by atoms with E-state index in [9.17, 15) is 4.39 Å². The molecule has 1 atom stereocenters. The summed E-state index contributed by atoms with van der Waals surface area (Å²) in [5.41, 5.74) is 0.778. The fraction of sp³-hybridized carbons (Fsp3) is 0.333. The Balaban J connectivity index is 3.01. The minimum atomic E-state index is -0.353. The molecule has 0 aliphatic rings. The van der Waals surface area contributed by atoms with Gasteiger partial charge in [-0.3, -0.25) is 0 Å². The molecule has 0 saturated carbocycles. The second-order valence-corrected chi connectivity index (χ2v) is 3.16. The number of hydrogen-bond donors (Lipinski definition) is 1. The summed E-state index contributed by atoms with van der Waals surface area (Å²) >= 11 is 5.75. The van der Waals surface area contributed by atoms with Gasteiger partial charge in [-0.15, -0.1) is 0 Å². The molecule has 1 aromatic carbocycles. The lowest BCUT2D eigenvalue weighted by Crippen LogP contribution is -1.99. The lowest BCUT2D eigenvalue weighted by Gasteiger charge is -2.09. The second-order valence-electron chi connectivity index (χ2n) is 2.75. The zero-order chi connectivity index (χ0) is 9.14. The van der Waals surface area contributed by atoms with Gasteiger partial charge in [0.2, 0.25) is 0 Å². The van der Waals surface area contributed by atoms with Crippen LogP contribution in [-0.2, 0) is 0 Å². The first kappa shape index (κ1) is 9.49. The molecule has 0 aliphatic carbocycles. The Morgan fingerprint density at radius 2 is 2.25 bits per heavy atom. The van der Waals surface area contributed by atoms with Crippen molar-refractivity contribution in [3.63, 3.8) is 0 Å². The molecule has 1 N–H and O–H groups in total. The molecule has 0 heterocycles. The standard InChI is InChI=1S/C9H10ClFO/c1-6(5-12)8-3-2-7(11)4-9(8)10/h2-4,6,12H,5H2,1H3. The van der Waals surface area contributed by atoms with E-state index in [1.165, 1.54) is 12.1 Å². The van der Waals surface area contributed by atoms with E-state index in [-0.39, 0.29) is 18.3 Å². The van der Waals surface area contributed by atoms with Gasteiger partial charge >= 0.3 is 0 Å². The molecule has 0 aromatic heterocycles. The molecule has 1 aromatic rings. The van der Waals surface area contributed by atoms with Crippen LogP contribution in [0.3, 0.4) is 0 Å². The Morgan fingerprint density at radius 3 is 2.75 bits per heavy atom. The summed E-state index contributed by atoms with van der Waals surface area (Å²) in [5, 5.41) is 9.20. The lowest BCUT2D eigenvalue weighted by atomic mass is 10.0. The number of halogens is 2. The molecule has 0 fully saturated rings. The van der Waals surface area contributed by atoms with E-state index in [0.29, 0.717) is 5.02 Å². The van der Waals surface area contributed by atoms with Crippen molar-refractivity contribution < 1.29 is 9.50 Å². The normalized spacial score (nSPS) is 13.0. The van der Waals surface area contributed by atoms with Crippen molar-refractivity contribution in [2.75, 3.05) is 6.61 Å². The third kappa shape index (κ3) is 1.96. The molecule has 0 spiro atoms. The van der Waals surface area contributed by atoms with Crippen molar-refractivity contribution in [1.82, 2.24) is 0 Å². The van der Waals surface area contributed by atoms with E-state index in [1.54, 1.807) is 6.07 Å². The van der Waals surface area contributed by atoms with Gasteiger partial charge in [0.1, 0.15) is 5.82 Å². The van der Waals surface area contributed by atoms with Crippen molar-refractivity contribution in [2.45, 2.75) is 12.8 Å². The van der Waals surface area contributed by atoms with Crippen LogP contribution in [0.4, 0.5) is 4.39 Å². The van der Waals surface area contributed by atoms with E-state index in [1.807, 2.05) is 6.92 Å². The predicted octanol–water partition coefficient (Wildman–Crippen LogP) is 2.57. The maximum atomic E-state index is 12.6. The molecule has 0 saturated heterocycles. The van der Waals surface area contributed by atoms with Gasteiger partial charge in [0.15, 0.2) is 0 Å². The highest BCUT2D eigenvalue weighted by molar-refractivity contribution is 6.31. The minimum absolute atomic E-state index is 0.0192. The molecular formula is C9H10ClFO. The monoisotopic (exact) mass is 188 g/mol. The van der Waals surface area contributed by atoms with E-state index in [2.05, 4.69) is 0 Å². The van der Waals surface area contributed by atoms with E-state index >= 15 is 0 Å². The molecule has 12 heavy (non-hydrogen) atoms. The molecular weight excluding hydrogens is 179 g/mol. The molecule has 66 valence electrons. The number of hydrogen-bond acceptors (Lipinski definition) is 1. The molecule has 0 amide bonds. The van der Waals surface area contributed by atoms with Crippen molar-refractivity contribution >= 4 is 11.6 Å². The summed E-state index contributed by atoms with van der Waals surface area (Å²) in [4.78, 5) is 0. The average molecular weight is 189 g/mol.